The van der Waals surface area contributed by atoms with E-state index in [-0.39, 0.29) is 5.04 Å². The SMILES string of the molecule is COC1C(O[Si](C)(C)C(C)(C)C)C(COCc2ccccc2)O[C@@]1(O)c1ccccc1. The second kappa shape index (κ2) is 9.53. The molecule has 3 unspecified atom stereocenters. The molecule has 0 aliphatic carbocycles. The first-order valence-electron chi connectivity index (χ1n) is 10.9. The largest absolute Gasteiger partial charge is 0.408 e. The van der Waals surface area contributed by atoms with Gasteiger partial charge >= 0.3 is 0 Å². The zero-order valence-electron chi connectivity index (χ0n) is 19.5. The van der Waals surface area contributed by atoms with Crippen LogP contribution >= 0.6 is 0 Å². The smallest absolute Gasteiger partial charge is 0.222 e. The fraction of sp³-hybridized carbons (Fsp3) is 0.520. The van der Waals surface area contributed by atoms with E-state index in [2.05, 4.69) is 33.9 Å². The fourth-order valence-corrected chi connectivity index (χ4v) is 4.95. The first-order valence-corrected chi connectivity index (χ1v) is 13.8. The maximum absolute atomic E-state index is 11.6. The van der Waals surface area contributed by atoms with Crippen molar-refractivity contribution in [1.29, 1.82) is 0 Å². The van der Waals surface area contributed by atoms with Gasteiger partial charge in [-0.15, -0.1) is 0 Å². The lowest BCUT2D eigenvalue weighted by molar-refractivity contribution is -0.246. The highest BCUT2D eigenvalue weighted by Crippen LogP contribution is 2.45. The van der Waals surface area contributed by atoms with Gasteiger partial charge in [0.1, 0.15) is 18.3 Å². The van der Waals surface area contributed by atoms with E-state index in [1.54, 1.807) is 7.11 Å². The summed E-state index contributed by atoms with van der Waals surface area (Å²) in [5.41, 5.74) is 1.74. The highest BCUT2D eigenvalue weighted by atomic mass is 28.4. The maximum Gasteiger partial charge on any atom is 0.222 e. The summed E-state index contributed by atoms with van der Waals surface area (Å²) in [7, 11) is -0.569. The molecule has 31 heavy (non-hydrogen) atoms. The fourth-order valence-electron chi connectivity index (χ4n) is 3.64. The molecule has 0 amide bonds. The van der Waals surface area contributed by atoms with Gasteiger partial charge in [0.05, 0.1) is 13.2 Å². The molecule has 0 bridgehead atoms. The van der Waals surface area contributed by atoms with Crippen molar-refractivity contribution >= 4 is 8.32 Å². The van der Waals surface area contributed by atoms with Gasteiger partial charge in [-0.1, -0.05) is 81.4 Å². The minimum absolute atomic E-state index is 0.00812. The lowest BCUT2D eigenvalue weighted by Gasteiger charge is -2.40. The third-order valence-electron chi connectivity index (χ3n) is 6.45. The molecule has 3 rings (SSSR count). The Kier molecular flexibility index (Phi) is 7.41. The number of hydrogen-bond donors (Lipinski definition) is 1. The molecule has 1 aliphatic heterocycles. The number of hydrogen-bond acceptors (Lipinski definition) is 5. The molecule has 0 radical (unpaired) electrons. The molecule has 0 spiro atoms. The summed E-state index contributed by atoms with van der Waals surface area (Å²) in [6, 6.07) is 19.4. The number of methoxy groups -OCH3 is 1. The number of aliphatic hydroxyl groups is 1. The van der Waals surface area contributed by atoms with Crippen LogP contribution in [0.25, 0.3) is 0 Å². The van der Waals surface area contributed by atoms with Gasteiger partial charge < -0.3 is 23.7 Å². The van der Waals surface area contributed by atoms with E-state index in [1.807, 2.05) is 60.7 Å². The molecule has 2 aromatic carbocycles. The predicted molar refractivity (Wildman–Crippen MR) is 124 cm³/mol. The van der Waals surface area contributed by atoms with Crippen molar-refractivity contribution in [2.75, 3.05) is 13.7 Å². The van der Waals surface area contributed by atoms with E-state index in [1.165, 1.54) is 0 Å². The molecule has 6 heteroatoms. The maximum atomic E-state index is 11.6. The van der Waals surface area contributed by atoms with E-state index in [9.17, 15) is 5.11 Å². The van der Waals surface area contributed by atoms with Crippen LogP contribution in [-0.2, 0) is 31.0 Å². The average Bonchev–Trinajstić information content (AvgIpc) is 3.00. The van der Waals surface area contributed by atoms with Crippen molar-refractivity contribution in [3.05, 3.63) is 71.8 Å². The normalized spacial score (nSPS) is 26.9. The van der Waals surface area contributed by atoms with Gasteiger partial charge in [-0.2, -0.15) is 0 Å². The van der Waals surface area contributed by atoms with Gasteiger partial charge in [0.2, 0.25) is 5.79 Å². The summed E-state index contributed by atoms with van der Waals surface area (Å²) >= 11 is 0. The van der Waals surface area contributed by atoms with Gasteiger partial charge in [0.25, 0.3) is 0 Å². The molecule has 0 aromatic heterocycles. The Morgan fingerprint density at radius 2 is 1.58 bits per heavy atom. The molecule has 170 valence electrons. The monoisotopic (exact) mass is 444 g/mol. The molecule has 4 atom stereocenters. The van der Waals surface area contributed by atoms with Crippen LogP contribution in [0.1, 0.15) is 31.9 Å². The quantitative estimate of drug-likeness (QED) is 0.590. The minimum atomic E-state index is -2.16. The zero-order valence-corrected chi connectivity index (χ0v) is 20.5. The van der Waals surface area contributed by atoms with Crippen molar-refractivity contribution in [2.24, 2.45) is 0 Å². The Bertz CT molecular complexity index is 821. The summed E-state index contributed by atoms with van der Waals surface area (Å²) in [6.07, 6.45) is -1.59. The van der Waals surface area contributed by atoms with Crippen LogP contribution in [0.3, 0.4) is 0 Å². The third-order valence-corrected chi connectivity index (χ3v) is 10.9. The standard InChI is InChI=1S/C25H36O5Si/c1-24(2,3)31(5,6)30-22-21(18-28-17-19-13-9-7-10-14-19)29-25(26,23(22)27-4)20-15-11-8-12-16-20/h7-16,21-23,26H,17-18H2,1-6H3/t21?,22?,23?,25-/m0/s1. The predicted octanol–water partition coefficient (Wildman–Crippen LogP) is 4.85. The molecule has 5 nitrogen and oxygen atoms in total. The van der Waals surface area contributed by atoms with Crippen molar-refractivity contribution in [2.45, 2.75) is 69.6 Å². The lowest BCUT2D eigenvalue weighted by Crippen LogP contribution is -2.51. The Balaban J connectivity index is 1.85. The molecule has 0 saturated carbocycles. The average molecular weight is 445 g/mol. The van der Waals surface area contributed by atoms with E-state index in [4.69, 9.17) is 18.6 Å². The van der Waals surface area contributed by atoms with Gasteiger partial charge in [0.15, 0.2) is 8.32 Å². The van der Waals surface area contributed by atoms with Crippen molar-refractivity contribution < 1.29 is 23.7 Å². The topological polar surface area (TPSA) is 57.2 Å². The highest BCUT2D eigenvalue weighted by molar-refractivity contribution is 6.74. The summed E-state index contributed by atoms with van der Waals surface area (Å²) in [5.74, 6) is -1.61. The van der Waals surface area contributed by atoms with E-state index in [0.29, 0.717) is 18.8 Å². The van der Waals surface area contributed by atoms with Crippen LogP contribution in [0.2, 0.25) is 18.1 Å². The van der Waals surface area contributed by atoms with Gasteiger partial charge in [0, 0.05) is 12.7 Å². The van der Waals surface area contributed by atoms with E-state index < -0.39 is 32.4 Å². The molecule has 1 fully saturated rings. The first-order chi connectivity index (χ1) is 14.6. The van der Waals surface area contributed by atoms with Crippen LogP contribution in [0.4, 0.5) is 0 Å². The molecule has 1 saturated heterocycles. The molecule has 1 heterocycles. The van der Waals surface area contributed by atoms with Crippen LogP contribution in [0.15, 0.2) is 60.7 Å². The second-order valence-corrected chi connectivity index (χ2v) is 14.5. The zero-order chi connectivity index (χ0) is 22.7. The Hall–Kier alpha value is -1.54. The van der Waals surface area contributed by atoms with Gasteiger partial charge in [-0.25, -0.2) is 0 Å². The summed E-state index contributed by atoms with van der Waals surface area (Å²) < 4.78 is 24.8. The first kappa shape index (κ1) is 24.1. The number of rotatable bonds is 8. The summed E-state index contributed by atoms with van der Waals surface area (Å²) in [6.45, 7) is 11.7. The van der Waals surface area contributed by atoms with Crippen LogP contribution < -0.4 is 0 Å². The van der Waals surface area contributed by atoms with Crippen molar-refractivity contribution in [3.8, 4) is 0 Å². The van der Waals surface area contributed by atoms with Crippen molar-refractivity contribution in [3.63, 3.8) is 0 Å². The van der Waals surface area contributed by atoms with E-state index >= 15 is 0 Å². The third kappa shape index (κ3) is 5.27. The van der Waals surface area contributed by atoms with Crippen LogP contribution in [0.5, 0.6) is 0 Å². The molecule has 1 aliphatic rings. The van der Waals surface area contributed by atoms with Gasteiger partial charge in [-0.05, 0) is 23.7 Å². The van der Waals surface area contributed by atoms with Crippen molar-refractivity contribution in [1.82, 2.24) is 0 Å². The number of ether oxygens (including phenoxy) is 3. The van der Waals surface area contributed by atoms with Crippen LogP contribution in [0, 0.1) is 0 Å². The number of benzene rings is 2. The molecular formula is C25H36O5Si. The molecular weight excluding hydrogens is 408 g/mol. The second-order valence-electron chi connectivity index (χ2n) is 9.72. The molecule has 1 N–H and O–H groups in total. The molecule has 2 aromatic rings. The van der Waals surface area contributed by atoms with E-state index in [0.717, 1.165) is 5.56 Å². The highest BCUT2D eigenvalue weighted by Gasteiger charge is 2.58. The lowest BCUT2D eigenvalue weighted by atomic mass is 9.98. The Labute approximate surface area is 187 Å². The summed E-state index contributed by atoms with van der Waals surface area (Å²) in [4.78, 5) is 0. The van der Waals surface area contributed by atoms with Gasteiger partial charge in [-0.3, -0.25) is 0 Å². The summed E-state index contributed by atoms with van der Waals surface area (Å²) in [5, 5.41) is 11.6. The Morgan fingerprint density at radius 1 is 1.00 bits per heavy atom. The van der Waals surface area contributed by atoms with Crippen LogP contribution in [-0.4, -0.2) is 45.5 Å². The minimum Gasteiger partial charge on any atom is -0.408 e. The Morgan fingerprint density at radius 3 is 2.13 bits per heavy atom.